The van der Waals surface area contributed by atoms with Crippen molar-refractivity contribution in [3.63, 3.8) is 0 Å². The molecular weight excluding hydrogens is 272 g/mol. The summed E-state index contributed by atoms with van der Waals surface area (Å²) in [4.78, 5) is 8.76. The number of nitriles is 1. The van der Waals surface area contributed by atoms with Gasteiger partial charge < -0.3 is 4.52 Å². The highest BCUT2D eigenvalue weighted by Crippen LogP contribution is 2.35. The highest BCUT2D eigenvalue weighted by Gasteiger charge is 2.19. The average Bonchev–Trinajstić information content (AvgIpc) is 2.87. The third-order valence-electron chi connectivity index (χ3n) is 2.86. The second-order valence-electron chi connectivity index (χ2n) is 4.53. The summed E-state index contributed by atoms with van der Waals surface area (Å²) in [5.74, 6) is 1.26. The zero-order valence-corrected chi connectivity index (χ0v) is 12.8. The molecule has 0 bridgehead atoms. The number of aromatic nitrogens is 3. The smallest absolute Gasteiger partial charge is 0.239 e. The number of aryl methyl sites for hydroxylation is 3. The highest BCUT2D eigenvalue weighted by molar-refractivity contribution is 7.99. The summed E-state index contributed by atoms with van der Waals surface area (Å²) in [5, 5.41) is 13.8. The molecule has 1 unspecified atom stereocenters. The van der Waals surface area contributed by atoms with Crippen LogP contribution in [0.2, 0.25) is 0 Å². The van der Waals surface area contributed by atoms with Gasteiger partial charge >= 0.3 is 0 Å². The first-order chi connectivity index (χ1) is 9.55. The van der Waals surface area contributed by atoms with Gasteiger partial charge in [0.05, 0.1) is 10.8 Å². The van der Waals surface area contributed by atoms with Crippen LogP contribution in [0.15, 0.2) is 15.6 Å². The normalized spacial score (nSPS) is 12.2. The molecule has 6 heteroatoms. The van der Waals surface area contributed by atoms with E-state index in [1.54, 1.807) is 0 Å². The van der Waals surface area contributed by atoms with E-state index in [4.69, 9.17) is 4.52 Å². The predicted molar refractivity (Wildman–Crippen MR) is 76.4 cm³/mol. The molecule has 20 heavy (non-hydrogen) atoms. The molecule has 0 saturated carbocycles. The maximum absolute atomic E-state index is 9.26. The van der Waals surface area contributed by atoms with E-state index in [0.29, 0.717) is 22.3 Å². The minimum absolute atomic E-state index is 0.0383. The van der Waals surface area contributed by atoms with Crippen LogP contribution in [0.3, 0.4) is 0 Å². The minimum Gasteiger partial charge on any atom is -0.338 e. The maximum atomic E-state index is 9.26. The fourth-order valence-electron chi connectivity index (χ4n) is 1.82. The lowest BCUT2D eigenvalue weighted by Gasteiger charge is -2.09. The fourth-order valence-corrected chi connectivity index (χ4v) is 2.87. The van der Waals surface area contributed by atoms with Gasteiger partial charge in [-0.25, -0.2) is 4.98 Å². The minimum atomic E-state index is -0.0383. The number of nitrogens with zero attached hydrogens (tertiary/aromatic N) is 4. The van der Waals surface area contributed by atoms with E-state index >= 15 is 0 Å². The molecule has 0 N–H and O–H groups in total. The highest BCUT2D eigenvalue weighted by atomic mass is 32.2. The molecule has 0 saturated heterocycles. The van der Waals surface area contributed by atoms with Crippen LogP contribution in [0.25, 0.3) is 0 Å². The van der Waals surface area contributed by atoms with Gasteiger partial charge in [0, 0.05) is 12.1 Å². The summed E-state index contributed by atoms with van der Waals surface area (Å²) < 4.78 is 5.23. The zero-order valence-electron chi connectivity index (χ0n) is 12.0. The van der Waals surface area contributed by atoms with Crippen LogP contribution < -0.4 is 0 Å². The first kappa shape index (κ1) is 14.5. The standard InChI is InChI=1S/C14H16N4OS/c1-5-12-17-13(19-18-12)10(4)20-14-11(7-15)8(2)6-9(3)16-14/h6,10H,5H2,1-4H3. The largest absolute Gasteiger partial charge is 0.338 e. The van der Waals surface area contributed by atoms with Gasteiger partial charge in [0.25, 0.3) is 0 Å². The van der Waals surface area contributed by atoms with Crippen LogP contribution in [0.1, 0.15) is 47.6 Å². The van der Waals surface area contributed by atoms with Gasteiger partial charge in [0.2, 0.25) is 5.89 Å². The molecule has 0 aliphatic heterocycles. The van der Waals surface area contributed by atoms with E-state index in [0.717, 1.165) is 17.7 Å². The maximum Gasteiger partial charge on any atom is 0.239 e. The van der Waals surface area contributed by atoms with Gasteiger partial charge in [-0.15, -0.1) is 0 Å². The number of hydrogen-bond donors (Lipinski definition) is 0. The Morgan fingerprint density at radius 1 is 1.40 bits per heavy atom. The summed E-state index contributed by atoms with van der Waals surface area (Å²) in [7, 11) is 0. The number of thioether (sulfide) groups is 1. The summed E-state index contributed by atoms with van der Waals surface area (Å²) in [6, 6.07) is 4.13. The quantitative estimate of drug-likeness (QED) is 0.803. The Balaban J connectivity index is 2.27. The van der Waals surface area contributed by atoms with Crippen molar-refractivity contribution in [3.8, 4) is 6.07 Å². The number of hydrogen-bond acceptors (Lipinski definition) is 6. The molecule has 2 heterocycles. The Kier molecular flexibility index (Phi) is 4.40. The van der Waals surface area contributed by atoms with E-state index in [9.17, 15) is 5.26 Å². The lowest BCUT2D eigenvalue weighted by molar-refractivity contribution is 0.375. The Morgan fingerprint density at radius 3 is 2.75 bits per heavy atom. The van der Waals surface area contributed by atoms with Crippen molar-refractivity contribution in [3.05, 3.63) is 34.6 Å². The third-order valence-corrected chi connectivity index (χ3v) is 3.93. The molecule has 104 valence electrons. The SMILES string of the molecule is CCc1noc(C(C)Sc2nc(C)cc(C)c2C#N)n1. The molecule has 5 nitrogen and oxygen atoms in total. The van der Waals surface area contributed by atoms with Gasteiger partial charge in [-0.1, -0.05) is 23.8 Å². The van der Waals surface area contributed by atoms with Crippen LogP contribution in [0.5, 0.6) is 0 Å². The van der Waals surface area contributed by atoms with Crippen molar-refractivity contribution in [2.45, 2.75) is 44.4 Å². The molecule has 0 radical (unpaired) electrons. The molecule has 0 spiro atoms. The number of rotatable bonds is 4. The Bertz CT molecular complexity index is 660. The van der Waals surface area contributed by atoms with E-state index in [2.05, 4.69) is 21.2 Å². The van der Waals surface area contributed by atoms with E-state index in [-0.39, 0.29) is 5.25 Å². The molecule has 0 amide bonds. The summed E-state index contributed by atoms with van der Waals surface area (Å²) in [6.07, 6.45) is 0.742. The van der Waals surface area contributed by atoms with Crippen LogP contribution in [0, 0.1) is 25.2 Å². The van der Waals surface area contributed by atoms with Crippen molar-refractivity contribution < 1.29 is 4.52 Å². The molecule has 2 rings (SSSR count). The van der Waals surface area contributed by atoms with Gasteiger partial charge in [-0.3, -0.25) is 0 Å². The van der Waals surface area contributed by atoms with Crippen LogP contribution in [-0.4, -0.2) is 15.1 Å². The Hall–Kier alpha value is -1.87. The fraction of sp³-hybridized carbons (Fsp3) is 0.429. The summed E-state index contributed by atoms with van der Waals surface area (Å²) in [6.45, 7) is 7.79. The van der Waals surface area contributed by atoms with Gasteiger partial charge in [-0.2, -0.15) is 10.2 Å². The molecule has 2 aromatic rings. The van der Waals surface area contributed by atoms with Crippen molar-refractivity contribution in [1.82, 2.24) is 15.1 Å². The van der Waals surface area contributed by atoms with Gasteiger partial charge in [-0.05, 0) is 32.4 Å². The molecule has 2 aromatic heterocycles. The number of pyridine rings is 1. The van der Waals surface area contributed by atoms with Crippen LogP contribution >= 0.6 is 11.8 Å². The second-order valence-corrected chi connectivity index (χ2v) is 5.86. The van der Waals surface area contributed by atoms with E-state index < -0.39 is 0 Å². The molecule has 0 aliphatic rings. The lowest BCUT2D eigenvalue weighted by atomic mass is 10.1. The molecule has 0 aromatic carbocycles. The third kappa shape index (κ3) is 2.99. The van der Waals surface area contributed by atoms with Gasteiger partial charge in [0.1, 0.15) is 11.1 Å². The molecule has 0 aliphatic carbocycles. The topological polar surface area (TPSA) is 75.6 Å². The van der Waals surface area contributed by atoms with Crippen molar-refractivity contribution in [1.29, 1.82) is 5.26 Å². The zero-order chi connectivity index (χ0) is 14.7. The summed E-state index contributed by atoms with van der Waals surface area (Å²) >= 11 is 1.47. The molecule has 1 atom stereocenters. The van der Waals surface area contributed by atoms with Crippen molar-refractivity contribution in [2.75, 3.05) is 0 Å². The summed E-state index contributed by atoms with van der Waals surface area (Å²) in [5.41, 5.74) is 2.45. The lowest BCUT2D eigenvalue weighted by Crippen LogP contribution is -1.97. The predicted octanol–water partition coefficient (Wildman–Crippen LogP) is 3.37. The molecular formula is C14H16N4OS. The monoisotopic (exact) mass is 288 g/mol. The Morgan fingerprint density at radius 2 is 2.15 bits per heavy atom. The van der Waals surface area contributed by atoms with Crippen molar-refractivity contribution in [2.24, 2.45) is 0 Å². The van der Waals surface area contributed by atoms with Crippen LogP contribution in [-0.2, 0) is 6.42 Å². The average molecular weight is 288 g/mol. The second kappa shape index (κ2) is 6.06. The first-order valence-corrected chi connectivity index (χ1v) is 7.30. The van der Waals surface area contributed by atoms with Gasteiger partial charge in [0.15, 0.2) is 5.82 Å². The van der Waals surface area contributed by atoms with E-state index in [1.165, 1.54) is 11.8 Å². The van der Waals surface area contributed by atoms with E-state index in [1.807, 2.05) is 33.8 Å². The van der Waals surface area contributed by atoms with Crippen molar-refractivity contribution >= 4 is 11.8 Å². The first-order valence-electron chi connectivity index (χ1n) is 6.42. The Labute approximate surface area is 122 Å². The molecule has 0 fully saturated rings. The van der Waals surface area contributed by atoms with Crippen LogP contribution in [0.4, 0.5) is 0 Å².